The summed E-state index contributed by atoms with van der Waals surface area (Å²) in [5, 5.41) is 2.38. The first-order valence-corrected chi connectivity index (χ1v) is 10.1. The third kappa shape index (κ3) is 4.04. The largest absolute Gasteiger partial charge is 0.489 e. The Morgan fingerprint density at radius 3 is 2.50 bits per heavy atom. The van der Waals surface area contributed by atoms with E-state index in [1.807, 2.05) is 18.2 Å². The molecule has 1 aliphatic rings. The van der Waals surface area contributed by atoms with Crippen molar-refractivity contribution < 1.29 is 14.3 Å². The highest BCUT2D eigenvalue weighted by Crippen LogP contribution is 2.43. The van der Waals surface area contributed by atoms with E-state index in [0.29, 0.717) is 6.61 Å². The topological polar surface area (TPSA) is 35.5 Å². The van der Waals surface area contributed by atoms with Crippen LogP contribution in [-0.4, -0.2) is 12.1 Å². The van der Waals surface area contributed by atoms with Gasteiger partial charge in [-0.2, -0.15) is 0 Å². The zero-order valence-corrected chi connectivity index (χ0v) is 16.3. The quantitative estimate of drug-likeness (QED) is 0.513. The summed E-state index contributed by atoms with van der Waals surface area (Å²) < 4.78 is 12.0. The first-order valence-electron chi connectivity index (χ1n) is 10.1. The average molecular weight is 374 g/mol. The lowest BCUT2D eigenvalue weighted by Gasteiger charge is -2.33. The SMILES string of the molecule is CC(=O)O[C@H]1CCCC[C@H]1c1c(OCc2ccccc2)ccc2ccccc12. The number of fused-ring (bicyclic) bond motifs is 1. The van der Waals surface area contributed by atoms with Crippen LogP contribution < -0.4 is 4.74 Å². The van der Waals surface area contributed by atoms with Gasteiger partial charge in [-0.05, 0) is 41.7 Å². The van der Waals surface area contributed by atoms with Gasteiger partial charge in [0.25, 0.3) is 0 Å². The minimum Gasteiger partial charge on any atom is -0.489 e. The predicted octanol–water partition coefficient (Wildman–Crippen LogP) is 6.01. The van der Waals surface area contributed by atoms with Crippen LogP contribution >= 0.6 is 0 Å². The Kier molecular flexibility index (Phi) is 5.61. The zero-order valence-electron chi connectivity index (χ0n) is 16.3. The maximum atomic E-state index is 11.7. The van der Waals surface area contributed by atoms with E-state index in [9.17, 15) is 4.79 Å². The molecule has 3 heteroatoms. The summed E-state index contributed by atoms with van der Waals surface area (Å²) in [5.41, 5.74) is 2.32. The van der Waals surface area contributed by atoms with Crippen LogP contribution in [0.3, 0.4) is 0 Å². The fraction of sp³-hybridized carbons (Fsp3) is 0.320. The molecule has 1 saturated carbocycles. The fourth-order valence-electron chi connectivity index (χ4n) is 4.30. The second-order valence-corrected chi connectivity index (χ2v) is 7.51. The number of ether oxygens (including phenoxy) is 2. The molecular formula is C25H26O3. The molecule has 3 aromatic rings. The van der Waals surface area contributed by atoms with E-state index in [1.54, 1.807) is 0 Å². The number of benzene rings is 3. The van der Waals surface area contributed by atoms with Gasteiger partial charge in [-0.25, -0.2) is 0 Å². The Morgan fingerprint density at radius 1 is 0.929 bits per heavy atom. The molecule has 144 valence electrons. The van der Waals surface area contributed by atoms with Gasteiger partial charge in [0, 0.05) is 18.4 Å². The van der Waals surface area contributed by atoms with Crippen molar-refractivity contribution >= 4 is 16.7 Å². The minimum absolute atomic E-state index is 0.0869. The van der Waals surface area contributed by atoms with Crippen molar-refractivity contribution in [3.63, 3.8) is 0 Å². The molecule has 3 nitrogen and oxygen atoms in total. The number of rotatable bonds is 5. The van der Waals surface area contributed by atoms with Crippen LogP contribution in [0.25, 0.3) is 10.8 Å². The number of hydrogen-bond donors (Lipinski definition) is 0. The van der Waals surface area contributed by atoms with Gasteiger partial charge in [0.05, 0.1) is 0 Å². The van der Waals surface area contributed by atoms with Gasteiger partial charge in [-0.1, -0.05) is 67.1 Å². The molecule has 0 saturated heterocycles. The van der Waals surface area contributed by atoms with Gasteiger partial charge in [0.1, 0.15) is 18.5 Å². The Bertz CT molecular complexity index is 948. The molecule has 3 aromatic carbocycles. The highest BCUT2D eigenvalue weighted by atomic mass is 16.5. The lowest BCUT2D eigenvalue weighted by molar-refractivity contribution is -0.148. The van der Waals surface area contributed by atoms with Crippen LogP contribution in [0.5, 0.6) is 5.75 Å². The van der Waals surface area contributed by atoms with Crippen molar-refractivity contribution in [2.24, 2.45) is 0 Å². The lowest BCUT2D eigenvalue weighted by atomic mass is 9.79. The van der Waals surface area contributed by atoms with Crippen LogP contribution in [0.15, 0.2) is 66.7 Å². The molecule has 0 radical (unpaired) electrons. The lowest BCUT2D eigenvalue weighted by Crippen LogP contribution is -2.28. The van der Waals surface area contributed by atoms with Crippen molar-refractivity contribution in [3.05, 3.63) is 77.9 Å². The zero-order chi connectivity index (χ0) is 19.3. The van der Waals surface area contributed by atoms with Crippen molar-refractivity contribution in [1.29, 1.82) is 0 Å². The number of hydrogen-bond acceptors (Lipinski definition) is 3. The van der Waals surface area contributed by atoms with Crippen LogP contribution in [0.4, 0.5) is 0 Å². The van der Waals surface area contributed by atoms with E-state index in [1.165, 1.54) is 23.3 Å². The molecule has 1 aliphatic carbocycles. The summed E-state index contributed by atoms with van der Waals surface area (Å²) in [6, 6.07) is 22.8. The highest BCUT2D eigenvalue weighted by Gasteiger charge is 2.32. The smallest absolute Gasteiger partial charge is 0.302 e. The molecule has 4 rings (SSSR count). The van der Waals surface area contributed by atoms with E-state index in [2.05, 4.69) is 48.5 Å². The maximum absolute atomic E-state index is 11.7. The van der Waals surface area contributed by atoms with Gasteiger partial charge < -0.3 is 9.47 Å². The summed E-state index contributed by atoms with van der Waals surface area (Å²) in [6.45, 7) is 2.03. The van der Waals surface area contributed by atoms with E-state index >= 15 is 0 Å². The molecule has 0 N–H and O–H groups in total. The molecule has 2 atom stereocenters. The molecule has 0 spiro atoms. The summed E-state index contributed by atoms with van der Waals surface area (Å²) in [6.07, 6.45) is 4.07. The van der Waals surface area contributed by atoms with Gasteiger partial charge in [-0.3, -0.25) is 4.79 Å². The van der Waals surface area contributed by atoms with Crippen LogP contribution in [0.2, 0.25) is 0 Å². The van der Waals surface area contributed by atoms with E-state index < -0.39 is 0 Å². The predicted molar refractivity (Wildman–Crippen MR) is 111 cm³/mol. The Hall–Kier alpha value is -2.81. The average Bonchev–Trinajstić information content (AvgIpc) is 2.73. The Balaban J connectivity index is 1.74. The summed E-state index contributed by atoms with van der Waals surface area (Å²) in [5.74, 6) is 0.852. The molecule has 0 amide bonds. The van der Waals surface area contributed by atoms with E-state index in [0.717, 1.165) is 37.0 Å². The van der Waals surface area contributed by atoms with Gasteiger partial charge in [-0.15, -0.1) is 0 Å². The van der Waals surface area contributed by atoms with Crippen molar-refractivity contribution in [2.75, 3.05) is 0 Å². The van der Waals surface area contributed by atoms with Crippen LogP contribution in [-0.2, 0) is 16.1 Å². The van der Waals surface area contributed by atoms with Crippen LogP contribution in [0.1, 0.15) is 49.7 Å². The first-order chi connectivity index (χ1) is 13.7. The normalized spacial score (nSPS) is 19.3. The van der Waals surface area contributed by atoms with Crippen molar-refractivity contribution in [3.8, 4) is 5.75 Å². The number of carbonyl (C=O) groups is 1. The molecule has 1 fully saturated rings. The van der Waals surface area contributed by atoms with Crippen molar-refractivity contribution in [2.45, 2.75) is 51.2 Å². The van der Waals surface area contributed by atoms with Crippen molar-refractivity contribution in [1.82, 2.24) is 0 Å². The first kappa shape index (κ1) is 18.5. The van der Waals surface area contributed by atoms with Gasteiger partial charge >= 0.3 is 5.97 Å². The molecule has 0 unspecified atom stereocenters. The van der Waals surface area contributed by atoms with Gasteiger partial charge in [0.15, 0.2) is 0 Å². The second kappa shape index (κ2) is 8.47. The summed E-state index contributed by atoms with van der Waals surface area (Å²) >= 11 is 0. The Labute approximate surface area is 166 Å². The molecule has 0 aliphatic heterocycles. The molecule has 0 bridgehead atoms. The number of esters is 1. The summed E-state index contributed by atoms with van der Waals surface area (Å²) in [7, 11) is 0. The maximum Gasteiger partial charge on any atom is 0.302 e. The third-order valence-corrected chi connectivity index (χ3v) is 5.56. The fourth-order valence-corrected chi connectivity index (χ4v) is 4.30. The molecule has 0 heterocycles. The van der Waals surface area contributed by atoms with E-state index in [-0.39, 0.29) is 18.0 Å². The molecule has 28 heavy (non-hydrogen) atoms. The van der Waals surface area contributed by atoms with Crippen LogP contribution in [0, 0.1) is 0 Å². The Morgan fingerprint density at radius 2 is 1.68 bits per heavy atom. The minimum atomic E-state index is -0.205. The number of carbonyl (C=O) groups excluding carboxylic acids is 1. The molecule has 0 aromatic heterocycles. The standard InChI is InChI=1S/C25H26O3/c1-18(26)28-23-14-8-7-13-22(23)25-21-12-6-5-11-20(21)15-16-24(25)27-17-19-9-3-2-4-10-19/h2-6,9-12,15-16,22-23H,7-8,13-14,17H2,1H3/t22-,23+/m1/s1. The van der Waals surface area contributed by atoms with Gasteiger partial charge in [0.2, 0.25) is 0 Å². The highest BCUT2D eigenvalue weighted by molar-refractivity contribution is 5.88. The summed E-state index contributed by atoms with van der Waals surface area (Å²) in [4.78, 5) is 11.7. The monoisotopic (exact) mass is 374 g/mol. The molecular weight excluding hydrogens is 348 g/mol. The van der Waals surface area contributed by atoms with E-state index in [4.69, 9.17) is 9.47 Å². The third-order valence-electron chi connectivity index (χ3n) is 5.56. The second-order valence-electron chi connectivity index (χ2n) is 7.51.